The van der Waals surface area contributed by atoms with E-state index in [9.17, 15) is 9.59 Å². The Morgan fingerprint density at radius 1 is 1.05 bits per heavy atom. The third-order valence-electron chi connectivity index (χ3n) is 6.89. The number of esters is 2. The molecule has 1 aliphatic rings. The van der Waals surface area contributed by atoms with Crippen molar-refractivity contribution in [2.24, 2.45) is 0 Å². The van der Waals surface area contributed by atoms with E-state index in [0.29, 0.717) is 12.1 Å². The lowest BCUT2D eigenvalue weighted by Gasteiger charge is -2.33. The van der Waals surface area contributed by atoms with Gasteiger partial charge < -0.3 is 19.7 Å². The van der Waals surface area contributed by atoms with Crippen LogP contribution < -0.4 is 10.2 Å². The molecule has 1 N–H and O–H groups in total. The molecule has 1 aliphatic heterocycles. The van der Waals surface area contributed by atoms with Crippen LogP contribution in [0, 0.1) is 12.7 Å². The normalized spacial score (nSPS) is 13.0. The first-order valence-electron chi connectivity index (χ1n) is 14.0. The summed E-state index contributed by atoms with van der Waals surface area (Å²) in [6.45, 7) is 10.7. The van der Waals surface area contributed by atoms with Crippen molar-refractivity contribution in [2.75, 3.05) is 23.4 Å². The molecule has 3 aromatic carbocycles. The van der Waals surface area contributed by atoms with Crippen molar-refractivity contribution >= 4 is 29.0 Å². The van der Waals surface area contributed by atoms with Gasteiger partial charge in [-0.25, -0.2) is 9.18 Å². The zero-order valence-corrected chi connectivity index (χ0v) is 24.1. The Labute approximate surface area is 236 Å². The van der Waals surface area contributed by atoms with Gasteiger partial charge >= 0.3 is 11.9 Å². The summed E-state index contributed by atoms with van der Waals surface area (Å²) < 4.78 is 26.4. The highest BCUT2D eigenvalue weighted by molar-refractivity contribution is 5.96. The van der Waals surface area contributed by atoms with E-state index in [1.165, 1.54) is 22.9 Å². The summed E-state index contributed by atoms with van der Waals surface area (Å²) >= 11 is 0. The molecule has 0 aromatic heterocycles. The number of hydrogen-bond acceptors (Lipinski definition) is 6. The maximum Gasteiger partial charge on any atom is 0.340 e. The summed E-state index contributed by atoms with van der Waals surface area (Å²) in [6, 6.07) is 17.8. The van der Waals surface area contributed by atoms with Crippen molar-refractivity contribution in [3.8, 4) is 0 Å². The SMILES string of the molecule is CCOC(=O)CCc1ccc(C(=O)OC(C)(C)C)c(NCc2ccc3c(c2)N(c2ccccc2C)CCC3)c1F. The number of benzene rings is 3. The fourth-order valence-electron chi connectivity index (χ4n) is 5.00. The molecular weight excluding hydrogens is 507 g/mol. The standard InChI is InChI=1S/C33H39FN2O4/c1-6-39-29(37)18-16-25-15-17-26(32(38)40-33(3,4)5)31(30(25)34)35-21-23-13-14-24-11-9-19-36(28(24)20-23)27-12-8-7-10-22(27)2/h7-8,10,12-15,17,20,35H,6,9,11,16,18-19,21H2,1-5H3. The number of carbonyl (C=O) groups is 2. The minimum absolute atomic E-state index is 0.0511. The van der Waals surface area contributed by atoms with Gasteiger partial charge in [-0.3, -0.25) is 4.79 Å². The van der Waals surface area contributed by atoms with Gasteiger partial charge in [-0.15, -0.1) is 0 Å². The molecule has 40 heavy (non-hydrogen) atoms. The Morgan fingerprint density at radius 2 is 1.82 bits per heavy atom. The molecule has 0 amide bonds. The van der Waals surface area contributed by atoms with Crippen molar-refractivity contribution in [2.45, 2.75) is 72.4 Å². The van der Waals surface area contributed by atoms with Crippen molar-refractivity contribution in [3.05, 3.63) is 88.2 Å². The van der Waals surface area contributed by atoms with E-state index in [2.05, 4.69) is 47.5 Å². The summed E-state index contributed by atoms with van der Waals surface area (Å²) in [5.41, 5.74) is 5.57. The molecule has 0 bridgehead atoms. The molecule has 7 heteroatoms. The van der Waals surface area contributed by atoms with Gasteiger partial charge in [0.1, 0.15) is 11.4 Å². The van der Waals surface area contributed by atoms with Crippen LogP contribution in [-0.2, 0) is 33.7 Å². The molecule has 1 heterocycles. The van der Waals surface area contributed by atoms with Gasteiger partial charge in [0.25, 0.3) is 0 Å². The highest BCUT2D eigenvalue weighted by atomic mass is 19.1. The fourth-order valence-corrected chi connectivity index (χ4v) is 5.00. The van der Waals surface area contributed by atoms with Crippen molar-refractivity contribution in [1.29, 1.82) is 0 Å². The number of rotatable bonds is 9. The van der Waals surface area contributed by atoms with E-state index in [4.69, 9.17) is 9.47 Å². The Hall–Kier alpha value is -3.87. The predicted octanol–water partition coefficient (Wildman–Crippen LogP) is 7.28. The predicted molar refractivity (Wildman–Crippen MR) is 157 cm³/mol. The van der Waals surface area contributed by atoms with Gasteiger partial charge in [-0.1, -0.05) is 36.4 Å². The highest BCUT2D eigenvalue weighted by Crippen LogP contribution is 2.36. The molecule has 0 fully saturated rings. The van der Waals surface area contributed by atoms with E-state index in [1.54, 1.807) is 33.8 Å². The second kappa shape index (κ2) is 12.5. The lowest BCUT2D eigenvalue weighted by Crippen LogP contribution is -2.25. The summed E-state index contributed by atoms with van der Waals surface area (Å²) in [7, 11) is 0. The number of fused-ring (bicyclic) bond motifs is 1. The third-order valence-corrected chi connectivity index (χ3v) is 6.89. The average Bonchev–Trinajstić information content (AvgIpc) is 2.90. The zero-order valence-electron chi connectivity index (χ0n) is 24.1. The smallest absolute Gasteiger partial charge is 0.340 e. The van der Waals surface area contributed by atoms with Crippen LogP contribution in [0.1, 0.15) is 73.1 Å². The largest absolute Gasteiger partial charge is 0.466 e. The number of anilines is 3. The summed E-state index contributed by atoms with van der Waals surface area (Å²) in [6.07, 6.45) is 2.29. The molecular formula is C33H39FN2O4. The van der Waals surface area contributed by atoms with Crippen molar-refractivity contribution < 1.29 is 23.5 Å². The van der Waals surface area contributed by atoms with Crippen LogP contribution in [0.4, 0.5) is 21.5 Å². The van der Waals surface area contributed by atoms with Gasteiger partial charge in [0.05, 0.1) is 17.9 Å². The molecule has 0 saturated carbocycles. The first-order valence-corrected chi connectivity index (χ1v) is 14.0. The summed E-state index contributed by atoms with van der Waals surface area (Å²) in [5.74, 6) is -1.56. The van der Waals surface area contributed by atoms with Gasteiger partial charge in [-0.05, 0) is 94.3 Å². The number of hydrogen-bond donors (Lipinski definition) is 1. The summed E-state index contributed by atoms with van der Waals surface area (Å²) in [4.78, 5) is 27.3. The van der Waals surface area contributed by atoms with Crippen LogP contribution in [0.25, 0.3) is 0 Å². The lowest BCUT2D eigenvalue weighted by atomic mass is 9.98. The molecule has 0 spiro atoms. The maximum atomic E-state index is 15.8. The van der Waals surface area contributed by atoms with E-state index in [0.717, 1.165) is 30.6 Å². The van der Waals surface area contributed by atoms with E-state index < -0.39 is 17.4 Å². The van der Waals surface area contributed by atoms with Gasteiger partial charge in [0.2, 0.25) is 0 Å². The van der Waals surface area contributed by atoms with Crippen LogP contribution in [0.3, 0.4) is 0 Å². The van der Waals surface area contributed by atoms with Crippen LogP contribution in [0.15, 0.2) is 54.6 Å². The molecule has 0 atom stereocenters. The third kappa shape index (κ3) is 7.00. The number of nitrogens with one attached hydrogen (secondary N) is 1. The molecule has 0 unspecified atom stereocenters. The Balaban J connectivity index is 1.63. The fraction of sp³-hybridized carbons (Fsp3) is 0.394. The topological polar surface area (TPSA) is 67.9 Å². The maximum absolute atomic E-state index is 15.8. The van der Waals surface area contributed by atoms with Gasteiger partial charge in [-0.2, -0.15) is 0 Å². The Bertz CT molecular complexity index is 1380. The number of halogens is 1. The van der Waals surface area contributed by atoms with Crippen LogP contribution in [0.2, 0.25) is 0 Å². The highest BCUT2D eigenvalue weighted by Gasteiger charge is 2.25. The monoisotopic (exact) mass is 546 g/mol. The second-order valence-corrected chi connectivity index (χ2v) is 11.1. The van der Waals surface area contributed by atoms with Crippen LogP contribution in [0.5, 0.6) is 0 Å². The minimum atomic E-state index is -0.731. The Morgan fingerprint density at radius 3 is 2.55 bits per heavy atom. The minimum Gasteiger partial charge on any atom is -0.466 e. The summed E-state index contributed by atoms with van der Waals surface area (Å²) in [5, 5.41) is 3.18. The van der Waals surface area contributed by atoms with Crippen molar-refractivity contribution in [3.63, 3.8) is 0 Å². The second-order valence-electron chi connectivity index (χ2n) is 11.1. The van der Waals surface area contributed by atoms with E-state index >= 15 is 4.39 Å². The number of carbonyl (C=O) groups excluding carboxylic acids is 2. The molecule has 0 saturated heterocycles. The zero-order chi connectivity index (χ0) is 28.9. The Kier molecular flexibility index (Phi) is 9.13. The van der Waals surface area contributed by atoms with E-state index in [1.807, 2.05) is 12.1 Å². The molecule has 6 nitrogen and oxygen atoms in total. The number of para-hydroxylation sites is 1. The molecule has 0 radical (unpaired) electrons. The van der Waals surface area contributed by atoms with E-state index in [-0.39, 0.29) is 36.7 Å². The molecule has 4 rings (SSSR count). The van der Waals surface area contributed by atoms with Gasteiger partial charge in [0.15, 0.2) is 0 Å². The number of ether oxygens (including phenoxy) is 2. The van der Waals surface area contributed by atoms with Crippen LogP contribution >= 0.6 is 0 Å². The van der Waals surface area contributed by atoms with Gasteiger partial charge in [0, 0.05) is 30.9 Å². The lowest BCUT2D eigenvalue weighted by molar-refractivity contribution is -0.143. The quantitative estimate of drug-likeness (QED) is 0.285. The molecule has 3 aromatic rings. The van der Waals surface area contributed by atoms with Crippen LogP contribution in [-0.4, -0.2) is 30.7 Å². The average molecular weight is 547 g/mol. The number of aryl methyl sites for hydroxylation is 3. The molecule has 0 aliphatic carbocycles. The van der Waals surface area contributed by atoms with Crippen molar-refractivity contribution in [1.82, 2.24) is 0 Å². The molecule has 212 valence electrons. The first kappa shape index (κ1) is 29.1. The first-order chi connectivity index (χ1) is 19.1. The number of nitrogens with zero attached hydrogens (tertiary/aromatic N) is 1.